The minimum Gasteiger partial charge on any atom is -0.356 e. The van der Waals surface area contributed by atoms with E-state index in [-0.39, 0.29) is 18.5 Å². The maximum Gasteiger partial charge on any atom is 0.332 e. The predicted molar refractivity (Wildman–Crippen MR) is 147 cm³/mol. The molecular formula is C29H29Cl2FN4O3. The lowest BCUT2D eigenvalue weighted by Crippen LogP contribution is -2.60. The van der Waals surface area contributed by atoms with Gasteiger partial charge in [0.1, 0.15) is 17.1 Å². The minimum absolute atomic E-state index is 0.0593. The van der Waals surface area contributed by atoms with E-state index in [1.807, 2.05) is 0 Å². The number of likely N-dealkylation sites (tertiary alicyclic amines) is 1. The van der Waals surface area contributed by atoms with Gasteiger partial charge in [-0.15, -0.1) is 0 Å². The van der Waals surface area contributed by atoms with Gasteiger partial charge in [-0.25, -0.2) is 9.18 Å². The summed E-state index contributed by atoms with van der Waals surface area (Å²) in [5, 5.41) is 4.91. The van der Waals surface area contributed by atoms with Crippen LogP contribution in [0.1, 0.15) is 44.7 Å². The standard InChI is InChI=1S/C29H29Cl2FN4O3/c1-18-15-29(10-11-34(18)16-19-4-2-5-19)27(37)35(28(38)36(29)23-7-3-6-21(32)13-23)17-22-14-26(39-33-22)20-8-9-24(30)25(31)12-20/h3,6-9,12-14,18-19H,2,4-5,10-11,15-17H2,1H3/t18-,29?/m0/s1. The Kier molecular flexibility index (Phi) is 6.90. The van der Waals surface area contributed by atoms with Crippen LogP contribution < -0.4 is 4.90 Å². The van der Waals surface area contributed by atoms with Crippen molar-refractivity contribution >= 4 is 40.8 Å². The number of nitrogens with zero attached hydrogens (tertiary/aromatic N) is 4. The van der Waals surface area contributed by atoms with E-state index < -0.39 is 17.4 Å². The van der Waals surface area contributed by atoms with Gasteiger partial charge < -0.3 is 9.42 Å². The number of hydrogen-bond acceptors (Lipinski definition) is 5. The number of piperidine rings is 1. The van der Waals surface area contributed by atoms with E-state index in [2.05, 4.69) is 17.0 Å². The second kappa shape index (κ2) is 10.2. The fraction of sp³-hybridized carbons (Fsp3) is 0.414. The highest BCUT2D eigenvalue weighted by Crippen LogP contribution is 2.44. The molecule has 1 unspecified atom stereocenters. The first kappa shape index (κ1) is 26.3. The van der Waals surface area contributed by atoms with Gasteiger partial charge in [-0.05, 0) is 74.9 Å². The van der Waals surface area contributed by atoms with Crippen molar-refractivity contribution in [2.75, 3.05) is 18.0 Å². The first-order valence-corrected chi connectivity index (χ1v) is 14.1. The van der Waals surface area contributed by atoms with Crippen molar-refractivity contribution in [3.05, 3.63) is 70.1 Å². The summed E-state index contributed by atoms with van der Waals surface area (Å²) in [4.78, 5) is 33.2. The molecule has 3 aliphatic rings. The van der Waals surface area contributed by atoms with E-state index in [0.29, 0.717) is 58.1 Å². The van der Waals surface area contributed by atoms with Gasteiger partial charge >= 0.3 is 6.03 Å². The van der Waals surface area contributed by atoms with Crippen LogP contribution in [0.5, 0.6) is 0 Å². The number of anilines is 1. The molecule has 3 amide bonds. The number of urea groups is 1. The molecule has 7 nitrogen and oxygen atoms in total. The van der Waals surface area contributed by atoms with Crippen molar-refractivity contribution in [3.63, 3.8) is 0 Å². The number of aromatic nitrogens is 1. The highest BCUT2D eigenvalue weighted by molar-refractivity contribution is 6.42. The summed E-state index contributed by atoms with van der Waals surface area (Å²) in [6.45, 7) is 3.77. The van der Waals surface area contributed by atoms with E-state index in [1.165, 1.54) is 41.2 Å². The van der Waals surface area contributed by atoms with Gasteiger partial charge in [0.05, 0.1) is 16.6 Å². The van der Waals surface area contributed by atoms with Crippen molar-refractivity contribution in [1.29, 1.82) is 0 Å². The quantitative estimate of drug-likeness (QED) is 0.305. The van der Waals surface area contributed by atoms with Crippen molar-refractivity contribution in [3.8, 4) is 11.3 Å². The number of rotatable bonds is 6. The highest BCUT2D eigenvalue weighted by atomic mass is 35.5. The molecule has 0 bridgehead atoms. The molecule has 1 aliphatic carbocycles. The molecule has 10 heteroatoms. The van der Waals surface area contributed by atoms with Crippen LogP contribution in [0, 0.1) is 11.7 Å². The SMILES string of the molecule is C[C@H]1CC2(CCN1CC1CCC1)C(=O)N(Cc1cc(-c3ccc(Cl)c(Cl)c3)on1)C(=O)N2c1cccc(F)c1. The Bertz CT molecular complexity index is 1430. The number of carbonyl (C=O) groups is 2. The maximum atomic E-state index is 14.3. The van der Waals surface area contributed by atoms with E-state index in [0.717, 1.165) is 6.54 Å². The van der Waals surface area contributed by atoms with Crippen LogP contribution >= 0.6 is 23.2 Å². The first-order chi connectivity index (χ1) is 18.7. The van der Waals surface area contributed by atoms with Crippen LogP contribution in [0.2, 0.25) is 10.0 Å². The molecule has 2 aromatic carbocycles. The third kappa shape index (κ3) is 4.72. The molecule has 0 radical (unpaired) electrons. The first-order valence-electron chi connectivity index (χ1n) is 13.3. The highest BCUT2D eigenvalue weighted by Gasteiger charge is 2.60. The lowest BCUT2D eigenvalue weighted by atomic mass is 9.79. The summed E-state index contributed by atoms with van der Waals surface area (Å²) >= 11 is 12.2. The fourth-order valence-corrected chi connectivity index (χ4v) is 6.43. The number of hydrogen-bond donors (Lipinski definition) is 0. The third-order valence-electron chi connectivity index (χ3n) is 8.43. The van der Waals surface area contributed by atoms with E-state index in [1.54, 1.807) is 36.4 Å². The van der Waals surface area contributed by atoms with E-state index in [9.17, 15) is 14.0 Å². The maximum absolute atomic E-state index is 14.3. The molecule has 204 valence electrons. The Balaban J connectivity index is 1.29. The molecule has 3 heterocycles. The average Bonchev–Trinajstić information content (AvgIpc) is 3.42. The minimum atomic E-state index is -1.09. The van der Waals surface area contributed by atoms with Crippen LogP contribution in [-0.2, 0) is 11.3 Å². The van der Waals surface area contributed by atoms with Gasteiger partial charge in [-0.3, -0.25) is 14.6 Å². The number of amides is 3. The zero-order chi connectivity index (χ0) is 27.3. The molecule has 6 rings (SSSR count). The van der Waals surface area contributed by atoms with Gasteiger partial charge in [0.25, 0.3) is 5.91 Å². The van der Waals surface area contributed by atoms with Gasteiger partial charge in [0, 0.05) is 36.4 Å². The van der Waals surface area contributed by atoms with Crippen LogP contribution in [0.15, 0.2) is 53.1 Å². The summed E-state index contributed by atoms with van der Waals surface area (Å²) in [6.07, 6.45) is 4.73. The number of carbonyl (C=O) groups excluding carboxylic acids is 2. The molecule has 1 spiro atoms. The second-order valence-corrected chi connectivity index (χ2v) is 11.7. The molecule has 3 fully saturated rings. The molecule has 2 aliphatic heterocycles. The lowest BCUT2D eigenvalue weighted by Gasteiger charge is -2.47. The zero-order valence-corrected chi connectivity index (χ0v) is 23.1. The van der Waals surface area contributed by atoms with Crippen molar-refractivity contribution < 1.29 is 18.5 Å². The molecule has 3 aromatic rings. The van der Waals surface area contributed by atoms with Gasteiger partial charge in [-0.1, -0.05) is 40.8 Å². The smallest absolute Gasteiger partial charge is 0.332 e. The van der Waals surface area contributed by atoms with E-state index >= 15 is 0 Å². The lowest BCUT2D eigenvalue weighted by molar-refractivity contribution is -0.133. The molecule has 1 saturated carbocycles. The third-order valence-corrected chi connectivity index (χ3v) is 9.17. The van der Waals surface area contributed by atoms with Crippen LogP contribution in [-0.4, -0.2) is 51.6 Å². The number of imide groups is 1. The van der Waals surface area contributed by atoms with Crippen LogP contribution in [0.25, 0.3) is 11.3 Å². The summed E-state index contributed by atoms with van der Waals surface area (Å²) in [6, 6.07) is 12.3. The number of benzene rings is 2. The number of halogens is 3. The van der Waals surface area contributed by atoms with Gasteiger partial charge in [0.15, 0.2) is 5.76 Å². The summed E-state index contributed by atoms with van der Waals surface area (Å²) < 4.78 is 19.8. The zero-order valence-electron chi connectivity index (χ0n) is 21.6. The van der Waals surface area contributed by atoms with Crippen molar-refractivity contribution in [1.82, 2.24) is 15.0 Å². The molecular weight excluding hydrogens is 542 g/mol. The Morgan fingerprint density at radius 3 is 2.62 bits per heavy atom. The summed E-state index contributed by atoms with van der Waals surface area (Å²) in [5.41, 5.74) is 0.390. The molecule has 2 saturated heterocycles. The summed E-state index contributed by atoms with van der Waals surface area (Å²) in [5.74, 6) is 0.401. The van der Waals surface area contributed by atoms with Crippen molar-refractivity contribution in [2.45, 2.75) is 57.2 Å². The van der Waals surface area contributed by atoms with E-state index in [4.69, 9.17) is 27.7 Å². The molecule has 2 atom stereocenters. The second-order valence-electron chi connectivity index (χ2n) is 10.9. The Morgan fingerprint density at radius 2 is 1.92 bits per heavy atom. The van der Waals surface area contributed by atoms with Crippen molar-refractivity contribution in [2.24, 2.45) is 5.92 Å². The monoisotopic (exact) mass is 570 g/mol. The Labute approximate surface area is 236 Å². The molecule has 1 aromatic heterocycles. The average molecular weight is 571 g/mol. The Hall–Kier alpha value is -2.94. The predicted octanol–water partition coefficient (Wildman–Crippen LogP) is 6.78. The largest absolute Gasteiger partial charge is 0.356 e. The molecule has 0 N–H and O–H groups in total. The molecule has 39 heavy (non-hydrogen) atoms. The van der Waals surface area contributed by atoms with Crippen LogP contribution in [0.3, 0.4) is 0 Å². The summed E-state index contributed by atoms with van der Waals surface area (Å²) in [7, 11) is 0. The topological polar surface area (TPSA) is 69.9 Å². The normalized spacial score (nSPS) is 24.2. The Morgan fingerprint density at radius 1 is 1.10 bits per heavy atom. The van der Waals surface area contributed by atoms with Gasteiger partial charge in [-0.2, -0.15) is 0 Å². The van der Waals surface area contributed by atoms with Crippen LogP contribution in [0.4, 0.5) is 14.9 Å². The fourth-order valence-electron chi connectivity index (χ4n) is 6.13. The van der Waals surface area contributed by atoms with Gasteiger partial charge in [0.2, 0.25) is 0 Å².